The van der Waals surface area contributed by atoms with E-state index in [0.717, 1.165) is 10.1 Å². The van der Waals surface area contributed by atoms with E-state index >= 15 is 0 Å². The molecule has 0 saturated heterocycles. The zero-order valence-corrected chi connectivity index (χ0v) is 7.08. The molecule has 0 aliphatic carbocycles. The van der Waals surface area contributed by atoms with E-state index in [1.54, 1.807) is 0 Å². The van der Waals surface area contributed by atoms with Gasteiger partial charge in [-0.25, -0.2) is 0 Å². The number of rotatable bonds is 2. The maximum atomic E-state index is 4.04. The second-order valence-electron chi connectivity index (χ2n) is 1.67. The number of nitrogens with zero attached hydrogens (tertiary/aromatic N) is 2. The summed E-state index contributed by atoms with van der Waals surface area (Å²) in [5, 5.41) is 4.04. The van der Waals surface area contributed by atoms with Gasteiger partial charge in [0.2, 0.25) is 0 Å². The molecular formula is C6H7IN2. The number of halogens is 1. The second-order valence-corrected chi connectivity index (χ2v) is 2.91. The van der Waals surface area contributed by atoms with E-state index in [-0.39, 0.29) is 0 Å². The summed E-state index contributed by atoms with van der Waals surface area (Å²) >= 11 is 2.22. The van der Waals surface area contributed by atoms with Gasteiger partial charge in [-0.05, 0) is 22.6 Å². The van der Waals surface area contributed by atoms with Crippen molar-refractivity contribution < 1.29 is 0 Å². The van der Waals surface area contributed by atoms with Crippen molar-refractivity contribution in [3.63, 3.8) is 0 Å². The third-order valence-electron chi connectivity index (χ3n) is 0.918. The van der Waals surface area contributed by atoms with Crippen LogP contribution >= 0.6 is 22.6 Å². The van der Waals surface area contributed by atoms with E-state index in [1.807, 2.05) is 23.2 Å². The van der Waals surface area contributed by atoms with Gasteiger partial charge in [0.1, 0.15) is 0 Å². The summed E-state index contributed by atoms with van der Waals surface area (Å²) in [7, 11) is 0. The van der Waals surface area contributed by atoms with Crippen molar-refractivity contribution in [1.82, 2.24) is 9.78 Å². The van der Waals surface area contributed by atoms with E-state index < -0.39 is 0 Å². The lowest BCUT2D eigenvalue weighted by Crippen LogP contribution is -1.93. The highest BCUT2D eigenvalue weighted by Crippen LogP contribution is 2.00. The molecule has 48 valence electrons. The largest absolute Gasteiger partial charge is 0.268 e. The topological polar surface area (TPSA) is 17.8 Å². The van der Waals surface area contributed by atoms with Gasteiger partial charge >= 0.3 is 0 Å². The Morgan fingerprint density at radius 3 is 3.11 bits per heavy atom. The van der Waals surface area contributed by atoms with Gasteiger partial charge in [-0.15, -0.1) is 6.58 Å². The van der Waals surface area contributed by atoms with Gasteiger partial charge in [0.05, 0.1) is 16.3 Å². The molecule has 0 atom stereocenters. The molecule has 1 aromatic heterocycles. The molecule has 0 aliphatic heterocycles. The zero-order chi connectivity index (χ0) is 6.69. The lowest BCUT2D eigenvalue weighted by Gasteiger charge is -1.89. The summed E-state index contributed by atoms with van der Waals surface area (Å²) < 4.78 is 3.00. The quantitative estimate of drug-likeness (QED) is 0.562. The molecule has 0 unspecified atom stereocenters. The van der Waals surface area contributed by atoms with Crippen molar-refractivity contribution in [3.8, 4) is 0 Å². The van der Waals surface area contributed by atoms with Crippen LogP contribution in [0.2, 0.25) is 0 Å². The smallest absolute Gasteiger partial charge is 0.0623 e. The van der Waals surface area contributed by atoms with Gasteiger partial charge in [0.25, 0.3) is 0 Å². The molecule has 0 spiro atoms. The molecule has 9 heavy (non-hydrogen) atoms. The Bertz CT molecular complexity index is 205. The highest BCUT2D eigenvalue weighted by Gasteiger charge is 1.88. The summed E-state index contributed by atoms with van der Waals surface area (Å²) in [5.41, 5.74) is 0. The Labute approximate surface area is 67.7 Å². The maximum Gasteiger partial charge on any atom is 0.0623 e. The minimum absolute atomic E-state index is 0.795. The number of allylic oxidation sites excluding steroid dienone is 1. The average Bonchev–Trinajstić information content (AvgIpc) is 2.17. The molecule has 0 aromatic carbocycles. The van der Waals surface area contributed by atoms with Gasteiger partial charge in [0.15, 0.2) is 0 Å². The first kappa shape index (κ1) is 6.80. The third kappa shape index (κ3) is 1.82. The van der Waals surface area contributed by atoms with E-state index in [1.165, 1.54) is 0 Å². The Balaban J connectivity index is 2.72. The van der Waals surface area contributed by atoms with Crippen LogP contribution < -0.4 is 0 Å². The van der Waals surface area contributed by atoms with Gasteiger partial charge in [-0.1, -0.05) is 6.08 Å². The van der Waals surface area contributed by atoms with Crippen LogP contribution in [0.1, 0.15) is 0 Å². The first-order valence-corrected chi connectivity index (χ1v) is 3.69. The van der Waals surface area contributed by atoms with Crippen molar-refractivity contribution in [2.45, 2.75) is 6.54 Å². The number of hydrogen-bond donors (Lipinski definition) is 0. The fraction of sp³-hybridized carbons (Fsp3) is 0.167. The van der Waals surface area contributed by atoms with E-state index in [9.17, 15) is 0 Å². The summed E-state index contributed by atoms with van der Waals surface area (Å²) in [6.07, 6.45) is 5.62. The van der Waals surface area contributed by atoms with Crippen molar-refractivity contribution in [1.29, 1.82) is 0 Å². The van der Waals surface area contributed by atoms with Gasteiger partial charge in [-0.2, -0.15) is 5.10 Å². The molecule has 0 bridgehead atoms. The minimum atomic E-state index is 0.795. The minimum Gasteiger partial charge on any atom is -0.268 e. The van der Waals surface area contributed by atoms with Crippen molar-refractivity contribution in [2.75, 3.05) is 0 Å². The van der Waals surface area contributed by atoms with Crippen LogP contribution in [0.15, 0.2) is 25.0 Å². The van der Waals surface area contributed by atoms with Crippen LogP contribution in [-0.2, 0) is 6.54 Å². The van der Waals surface area contributed by atoms with Crippen LogP contribution in [0.25, 0.3) is 0 Å². The zero-order valence-electron chi connectivity index (χ0n) is 4.92. The molecule has 0 fully saturated rings. The SMILES string of the molecule is C=CCn1cc(I)cn1. The van der Waals surface area contributed by atoms with Gasteiger partial charge in [0, 0.05) is 6.20 Å². The van der Waals surface area contributed by atoms with Crippen LogP contribution in [0, 0.1) is 3.57 Å². The molecule has 1 aromatic rings. The predicted octanol–water partition coefficient (Wildman–Crippen LogP) is 1.67. The fourth-order valence-corrected chi connectivity index (χ4v) is 1.02. The van der Waals surface area contributed by atoms with Gasteiger partial charge in [-0.3, -0.25) is 4.68 Å². The normalized spacial score (nSPS) is 9.44. The lowest BCUT2D eigenvalue weighted by molar-refractivity contribution is 0.702. The fourth-order valence-electron chi connectivity index (χ4n) is 0.570. The van der Waals surface area contributed by atoms with Crippen LogP contribution in [0.5, 0.6) is 0 Å². The van der Waals surface area contributed by atoms with Crippen LogP contribution in [0.4, 0.5) is 0 Å². The highest BCUT2D eigenvalue weighted by molar-refractivity contribution is 14.1. The van der Waals surface area contributed by atoms with E-state index in [2.05, 4.69) is 34.3 Å². The first-order valence-electron chi connectivity index (χ1n) is 2.62. The predicted molar refractivity (Wildman–Crippen MR) is 45.1 cm³/mol. The molecule has 0 saturated carbocycles. The Kier molecular flexibility index (Phi) is 2.27. The van der Waals surface area contributed by atoms with Crippen molar-refractivity contribution in [2.24, 2.45) is 0 Å². The maximum absolute atomic E-state index is 4.04. The van der Waals surface area contributed by atoms with Crippen LogP contribution in [0.3, 0.4) is 0 Å². The standard InChI is InChI=1S/C6H7IN2/c1-2-3-9-5-6(7)4-8-9/h2,4-5H,1,3H2. The number of hydrogen-bond acceptors (Lipinski definition) is 1. The van der Waals surface area contributed by atoms with Crippen LogP contribution in [-0.4, -0.2) is 9.78 Å². The Morgan fingerprint density at radius 2 is 2.67 bits per heavy atom. The average molecular weight is 234 g/mol. The molecule has 0 amide bonds. The molecule has 3 heteroatoms. The molecule has 0 aliphatic rings. The summed E-state index contributed by atoms with van der Waals surface area (Å²) in [6.45, 7) is 4.40. The second kappa shape index (κ2) is 3.00. The molecular weight excluding hydrogens is 227 g/mol. The summed E-state index contributed by atoms with van der Waals surface area (Å²) in [6, 6.07) is 0. The van der Waals surface area contributed by atoms with Crippen molar-refractivity contribution >= 4 is 22.6 Å². The summed E-state index contributed by atoms with van der Waals surface area (Å²) in [5.74, 6) is 0. The molecule has 1 rings (SSSR count). The van der Waals surface area contributed by atoms with E-state index in [4.69, 9.17) is 0 Å². The first-order chi connectivity index (χ1) is 4.33. The van der Waals surface area contributed by atoms with E-state index in [0.29, 0.717) is 0 Å². The molecule has 2 nitrogen and oxygen atoms in total. The molecule has 1 heterocycles. The molecule has 0 radical (unpaired) electrons. The third-order valence-corrected chi connectivity index (χ3v) is 1.47. The highest BCUT2D eigenvalue weighted by atomic mass is 127. The van der Waals surface area contributed by atoms with Gasteiger partial charge < -0.3 is 0 Å². The Hall–Kier alpha value is -0.320. The van der Waals surface area contributed by atoms with Crippen molar-refractivity contribution in [3.05, 3.63) is 28.6 Å². The number of aromatic nitrogens is 2. The lowest BCUT2D eigenvalue weighted by atomic mass is 10.6. The Morgan fingerprint density at radius 1 is 1.89 bits per heavy atom. The summed E-state index contributed by atoms with van der Waals surface area (Å²) in [4.78, 5) is 0. The monoisotopic (exact) mass is 234 g/mol. The molecule has 0 N–H and O–H groups in total.